The number of nitrogens with zero attached hydrogens (tertiary/aromatic N) is 1. The van der Waals surface area contributed by atoms with Crippen LogP contribution >= 0.6 is 0 Å². The van der Waals surface area contributed by atoms with Crippen LogP contribution in [0.3, 0.4) is 0 Å². The molecule has 7 aromatic carbocycles. The van der Waals surface area contributed by atoms with Crippen molar-refractivity contribution in [2.75, 3.05) is 45.1 Å². The van der Waals surface area contributed by atoms with Gasteiger partial charge in [0.15, 0.2) is 17.2 Å². The Kier molecular flexibility index (Phi) is 23.5. The van der Waals surface area contributed by atoms with Crippen molar-refractivity contribution >= 4 is 74.1 Å². The van der Waals surface area contributed by atoms with Gasteiger partial charge >= 0.3 is 29.8 Å². The van der Waals surface area contributed by atoms with Crippen LogP contribution in [0.15, 0.2) is 170 Å². The molecule has 1 N–H and O–H groups in total. The Bertz CT molecular complexity index is 3310. The van der Waals surface area contributed by atoms with E-state index >= 15 is 0 Å². The van der Waals surface area contributed by atoms with E-state index in [0.717, 1.165) is 103 Å². The first-order chi connectivity index (χ1) is 39.7. The Morgan fingerprint density at radius 3 is 1.28 bits per heavy atom. The van der Waals surface area contributed by atoms with Gasteiger partial charge in [-0.25, -0.2) is 24.0 Å². The minimum Gasteiger partial charge on any atom is -0.494 e. The maximum atomic E-state index is 14.4. The van der Waals surface area contributed by atoms with Gasteiger partial charge in [0, 0.05) is 34.4 Å². The summed E-state index contributed by atoms with van der Waals surface area (Å²) in [5, 5.41) is 9.70. The maximum absolute atomic E-state index is 14.4. The first-order valence-electron chi connectivity index (χ1n) is 27.4. The van der Waals surface area contributed by atoms with Crippen LogP contribution in [-0.2, 0) is 28.6 Å². The Morgan fingerprint density at radius 2 is 0.802 bits per heavy atom. The second-order valence-corrected chi connectivity index (χ2v) is 18.7. The number of hydrazone groups is 1. The fourth-order valence-corrected chi connectivity index (χ4v) is 8.76. The molecule has 0 atom stereocenters. The molecule has 7 aromatic rings. The number of hydrogen-bond acceptors (Lipinski definition) is 15. The number of unbranched alkanes of at least 4 members (excludes halogenated alkanes) is 9. The Balaban J connectivity index is 1.17. The molecule has 0 aliphatic heterocycles. The minimum absolute atomic E-state index is 0.0848. The largest absolute Gasteiger partial charge is 0.494 e. The highest BCUT2D eigenvalue weighted by Gasteiger charge is 2.27. The quantitative estimate of drug-likeness (QED) is 0.00587. The van der Waals surface area contributed by atoms with Crippen molar-refractivity contribution in [3.63, 3.8) is 0 Å². The average Bonchev–Trinajstić information content (AvgIpc) is 3.62. The van der Waals surface area contributed by atoms with Crippen molar-refractivity contribution < 1.29 is 61.9 Å². The number of esters is 5. The normalized spacial score (nSPS) is 11.0. The fraction of sp³-hybridized carbons (Fsp3) is 0.273. The number of benzene rings is 7. The zero-order valence-electron chi connectivity index (χ0n) is 45.5. The first kappa shape index (κ1) is 59.4. The van der Waals surface area contributed by atoms with Crippen LogP contribution in [0, 0.1) is 0 Å². The summed E-state index contributed by atoms with van der Waals surface area (Å²) >= 11 is 0. The third kappa shape index (κ3) is 17.9. The number of fused-ring (bicyclic) bond motifs is 4. The third-order valence-electron chi connectivity index (χ3n) is 13.0. The smallest absolute Gasteiger partial charge is 0.343 e. The molecule has 0 saturated carbocycles. The Hall–Kier alpha value is -9.24. The van der Waals surface area contributed by atoms with Crippen LogP contribution in [0.4, 0.5) is 5.69 Å². The van der Waals surface area contributed by atoms with Gasteiger partial charge in [-0.2, -0.15) is 5.10 Å². The van der Waals surface area contributed by atoms with Crippen LogP contribution in [0.2, 0.25) is 0 Å². The van der Waals surface area contributed by atoms with E-state index in [-0.39, 0.29) is 47.2 Å². The number of anilines is 1. The number of hydrogen-bond donors (Lipinski definition) is 1. The molecule has 420 valence electrons. The van der Waals surface area contributed by atoms with E-state index in [2.05, 4.69) is 37.3 Å². The first-order valence-corrected chi connectivity index (χ1v) is 27.4. The van der Waals surface area contributed by atoms with Crippen molar-refractivity contribution in [3.8, 4) is 28.7 Å². The molecular weight excluding hydrogens is 1030 g/mol. The topological polar surface area (TPSA) is 184 Å². The SMILES string of the molecule is C=CC(=O)OCCCCCCOc1ccc(C(=O)Oc2c(/C=N/Nc3cc4ccccc4c4ccccc34)c(OCCCCCCOC(=O)C=C)c(OC(=O)c3ccc(OCCCCCCOC(=O)C=C)cc3)c3ccccc23)cc1. The molecule has 0 saturated heterocycles. The van der Waals surface area contributed by atoms with E-state index in [1.54, 1.807) is 72.8 Å². The Labute approximate surface area is 472 Å². The summed E-state index contributed by atoms with van der Waals surface area (Å²) in [6.07, 6.45) is 14.2. The van der Waals surface area contributed by atoms with E-state index in [0.29, 0.717) is 68.0 Å². The zero-order valence-corrected chi connectivity index (χ0v) is 45.5. The fourth-order valence-electron chi connectivity index (χ4n) is 8.76. The number of nitrogens with one attached hydrogen (secondary N) is 1. The molecule has 0 fully saturated rings. The van der Waals surface area contributed by atoms with Crippen LogP contribution in [0.5, 0.6) is 28.7 Å². The summed E-state index contributed by atoms with van der Waals surface area (Å²) < 4.78 is 46.7. The lowest BCUT2D eigenvalue weighted by molar-refractivity contribution is -0.138. The highest BCUT2D eigenvalue weighted by atomic mass is 16.6. The summed E-state index contributed by atoms with van der Waals surface area (Å²) in [6.45, 7) is 12.3. The van der Waals surface area contributed by atoms with Gasteiger partial charge in [-0.15, -0.1) is 0 Å². The third-order valence-corrected chi connectivity index (χ3v) is 13.0. The van der Waals surface area contributed by atoms with E-state index in [1.807, 2.05) is 42.5 Å². The molecule has 0 aliphatic carbocycles. The average molecular weight is 1100 g/mol. The van der Waals surface area contributed by atoms with Gasteiger partial charge in [0.05, 0.1) is 68.2 Å². The molecular formula is C66H68N2O13. The van der Waals surface area contributed by atoms with Gasteiger partial charge in [0.2, 0.25) is 0 Å². The van der Waals surface area contributed by atoms with Crippen molar-refractivity contribution in [2.24, 2.45) is 5.10 Å². The predicted octanol–water partition coefficient (Wildman–Crippen LogP) is 14.0. The number of rotatable bonds is 34. The van der Waals surface area contributed by atoms with Crippen LogP contribution in [0.1, 0.15) is 103 Å². The molecule has 15 nitrogen and oxygen atoms in total. The zero-order chi connectivity index (χ0) is 57.0. The lowest BCUT2D eigenvalue weighted by Crippen LogP contribution is -2.14. The summed E-state index contributed by atoms with van der Waals surface area (Å²) in [4.78, 5) is 62.9. The van der Waals surface area contributed by atoms with Crippen molar-refractivity contribution in [3.05, 3.63) is 182 Å². The lowest BCUT2D eigenvalue weighted by Gasteiger charge is -2.20. The molecule has 0 aliphatic rings. The standard InChI is InChI=1S/C66H68N2O13/c1-4-59(69)76-41-21-9-7-19-39-74-50-35-31-47(32-36-50)65(72)80-62-55-29-17-18-30-56(55)64(81-66(73)48-33-37-51(38-34-48)75-40-20-8-10-22-42-77-60(70)5-2)63(79-44-24-12-11-23-43-78-61(71)6-3)57(62)46-67-68-58-45-49-25-13-14-26-52(49)53-27-15-16-28-54(53)58/h4-6,13-18,25-38,45-46,68H,1-3,7-12,19-24,39-44H2/b67-46+. The predicted molar refractivity (Wildman–Crippen MR) is 315 cm³/mol. The van der Waals surface area contributed by atoms with Crippen molar-refractivity contribution in [1.82, 2.24) is 0 Å². The summed E-state index contributed by atoms with van der Waals surface area (Å²) in [7, 11) is 0. The second kappa shape index (κ2) is 32.0. The highest BCUT2D eigenvalue weighted by Crippen LogP contribution is 2.46. The number of ether oxygens (including phenoxy) is 8. The molecule has 0 heterocycles. The molecule has 81 heavy (non-hydrogen) atoms. The molecule has 0 amide bonds. The minimum atomic E-state index is -0.676. The molecule has 7 rings (SSSR count). The van der Waals surface area contributed by atoms with Crippen molar-refractivity contribution in [2.45, 2.75) is 77.0 Å². The van der Waals surface area contributed by atoms with Crippen LogP contribution in [0.25, 0.3) is 32.3 Å². The molecule has 0 aromatic heterocycles. The molecule has 15 heteroatoms. The molecule has 0 unspecified atom stereocenters. The Morgan fingerprint density at radius 1 is 0.407 bits per heavy atom. The van der Waals surface area contributed by atoms with E-state index < -0.39 is 29.8 Å². The number of carbonyl (C=O) groups excluding carboxylic acids is 5. The van der Waals surface area contributed by atoms with Crippen LogP contribution in [-0.4, -0.2) is 75.7 Å². The van der Waals surface area contributed by atoms with Gasteiger partial charge in [0.25, 0.3) is 0 Å². The van der Waals surface area contributed by atoms with E-state index in [9.17, 15) is 24.0 Å². The molecule has 0 radical (unpaired) electrons. The monoisotopic (exact) mass is 1100 g/mol. The molecule has 0 bridgehead atoms. The van der Waals surface area contributed by atoms with Gasteiger partial charge < -0.3 is 37.9 Å². The van der Waals surface area contributed by atoms with E-state index in [4.69, 9.17) is 43.0 Å². The summed E-state index contributed by atoms with van der Waals surface area (Å²) in [6, 6.07) is 38.6. The van der Waals surface area contributed by atoms with Crippen molar-refractivity contribution in [1.29, 1.82) is 0 Å². The summed E-state index contributed by atoms with van der Waals surface area (Å²) in [5.41, 5.74) is 4.69. The van der Waals surface area contributed by atoms with Crippen LogP contribution < -0.4 is 29.1 Å². The van der Waals surface area contributed by atoms with Gasteiger partial charge in [-0.05, 0) is 148 Å². The maximum Gasteiger partial charge on any atom is 0.343 e. The molecule has 0 spiro atoms. The van der Waals surface area contributed by atoms with Gasteiger partial charge in [-0.1, -0.05) is 92.5 Å². The summed E-state index contributed by atoms with van der Waals surface area (Å²) in [5.74, 6) is -1.23. The number of carbonyl (C=O) groups is 5. The van der Waals surface area contributed by atoms with E-state index in [1.165, 1.54) is 6.21 Å². The highest BCUT2D eigenvalue weighted by molar-refractivity contribution is 6.13. The van der Waals surface area contributed by atoms with Gasteiger partial charge in [-0.3, -0.25) is 5.43 Å². The van der Waals surface area contributed by atoms with Gasteiger partial charge in [0.1, 0.15) is 11.5 Å². The second-order valence-electron chi connectivity index (χ2n) is 18.7. The lowest BCUT2D eigenvalue weighted by atomic mass is 10.0.